The van der Waals surface area contributed by atoms with Gasteiger partial charge < -0.3 is 0 Å². The molecule has 0 fully saturated rings. The van der Waals surface area contributed by atoms with E-state index < -0.39 is 0 Å². The molecule has 0 spiro atoms. The molecule has 0 aliphatic heterocycles. The zero-order valence-electron chi connectivity index (χ0n) is 12.2. The second-order valence-corrected chi connectivity index (χ2v) is 7.93. The number of hydrogen-bond donors (Lipinski definition) is 0. The van der Waals surface area contributed by atoms with Gasteiger partial charge in [-0.2, -0.15) is 0 Å². The van der Waals surface area contributed by atoms with Gasteiger partial charge >= 0.3 is 0 Å². The van der Waals surface area contributed by atoms with Crippen LogP contribution in [0.1, 0.15) is 0 Å². The highest BCUT2D eigenvalue weighted by Crippen LogP contribution is 2.37. The van der Waals surface area contributed by atoms with Crippen molar-refractivity contribution in [1.82, 2.24) is 15.0 Å². The van der Waals surface area contributed by atoms with E-state index in [0.29, 0.717) is 15.2 Å². The molecule has 0 amide bonds. The van der Waals surface area contributed by atoms with Gasteiger partial charge in [0.2, 0.25) is 0 Å². The topological polar surface area (TPSA) is 38.7 Å². The highest BCUT2D eigenvalue weighted by atomic mass is 35.5. The monoisotopic (exact) mass is 399 g/mol. The van der Waals surface area contributed by atoms with Gasteiger partial charge in [0.1, 0.15) is 10.1 Å². The van der Waals surface area contributed by atoms with Crippen LogP contribution in [0, 0.1) is 0 Å². The fourth-order valence-electron chi connectivity index (χ4n) is 2.00. The molecular formula is C15H11Cl2N3S3. The van der Waals surface area contributed by atoms with Crippen LogP contribution in [0.2, 0.25) is 10.0 Å². The van der Waals surface area contributed by atoms with Crippen LogP contribution in [0.5, 0.6) is 0 Å². The Morgan fingerprint density at radius 2 is 1.65 bits per heavy atom. The van der Waals surface area contributed by atoms with E-state index in [1.807, 2.05) is 24.6 Å². The van der Waals surface area contributed by atoms with Crippen molar-refractivity contribution in [3.8, 4) is 0 Å². The van der Waals surface area contributed by atoms with Crippen LogP contribution in [0.4, 0.5) is 0 Å². The van der Waals surface area contributed by atoms with E-state index in [1.165, 1.54) is 11.8 Å². The average molecular weight is 400 g/mol. The predicted molar refractivity (Wildman–Crippen MR) is 101 cm³/mol. The average Bonchev–Trinajstić information content (AvgIpc) is 2.54. The smallest absolute Gasteiger partial charge is 0.194 e. The lowest BCUT2D eigenvalue weighted by molar-refractivity contribution is 0.830. The molecule has 0 bridgehead atoms. The molecule has 0 saturated heterocycles. The van der Waals surface area contributed by atoms with Gasteiger partial charge in [-0.05, 0) is 42.5 Å². The van der Waals surface area contributed by atoms with Crippen molar-refractivity contribution in [1.29, 1.82) is 0 Å². The third-order valence-corrected chi connectivity index (χ3v) is 5.69. The Hall–Kier alpha value is -0.660. The van der Waals surface area contributed by atoms with Crippen molar-refractivity contribution < 1.29 is 0 Å². The maximum atomic E-state index is 6.36. The van der Waals surface area contributed by atoms with Crippen LogP contribution < -0.4 is 0 Å². The highest BCUT2D eigenvalue weighted by Gasteiger charge is 2.12. The maximum Gasteiger partial charge on any atom is 0.194 e. The summed E-state index contributed by atoms with van der Waals surface area (Å²) in [5.41, 5.74) is 0.763. The molecule has 0 saturated carbocycles. The normalized spacial score (nSPS) is 11.1. The summed E-state index contributed by atoms with van der Waals surface area (Å²) in [6.45, 7) is 0. The van der Waals surface area contributed by atoms with E-state index in [2.05, 4.69) is 15.0 Å². The summed E-state index contributed by atoms with van der Waals surface area (Å²) in [5.74, 6) is 0. The van der Waals surface area contributed by atoms with Crippen LogP contribution in [0.3, 0.4) is 0 Å². The van der Waals surface area contributed by atoms with Crippen molar-refractivity contribution >= 4 is 69.4 Å². The molecule has 118 valence electrons. The van der Waals surface area contributed by atoms with E-state index in [4.69, 9.17) is 23.2 Å². The van der Waals surface area contributed by atoms with Gasteiger partial charge in [0, 0.05) is 27.6 Å². The summed E-state index contributed by atoms with van der Waals surface area (Å²) in [6.07, 6.45) is 5.74. The van der Waals surface area contributed by atoms with Crippen molar-refractivity contribution in [2.75, 3.05) is 12.5 Å². The highest BCUT2D eigenvalue weighted by molar-refractivity contribution is 8.00. The first-order valence-corrected chi connectivity index (χ1v) is 10.5. The Bertz CT molecular complexity index is 852. The van der Waals surface area contributed by atoms with Crippen LogP contribution in [0.25, 0.3) is 10.9 Å². The Morgan fingerprint density at radius 1 is 0.957 bits per heavy atom. The van der Waals surface area contributed by atoms with E-state index in [9.17, 15) is 0 Å². The Labute approximate surface area is 157 Å². The molecule has 1 aromatic carbocycles. The summed E-state index contributed by atoms with van der Waals surface area (Å²) in [4.78, 5) is 14.4. The minimum Gasteiger partial charge on any atom is -0.256 e. The van der Waals surface area contributed by atoms with Crippen LogP contribution in [-0.2, 0) is 0 Å². The zero-order valence-corrected chi connectivity index (χ0v) is 16.2. The van der Waals surface area contributed by atoms with Gasteiger partial charge in [0.25, 0.3) is 0 Å². The second-order valence-electron chi connectivity index (χ2n) is 4.43. The Balaban J connectivity index is 2.08. The molecule has 0 unspecified atom stereocenters. The first-order valence-electron chi connectivity index (χ1n) is 6.49. The third kappa shape index (κ3) is 3.88. The van der Waals surface area contributed by atoms with E-state index >= 15 is 0 Å². The summed E-state index contributed by atoms with van der Waals surface area (Å²) in [6, 6.07) is 7.43. The fourth-order valence-corrected chi connectivity index (χ4v) is 4.57. The third-order valence-electron chi connectivity index (χ3n) is 3.00. The maximum absolute atomic E-state index is 6.36. The van der Waals surface area contributed by atoms with Crippen LogP contribution in [0.15, 0.2) is 50.6 Å². The lowest BCUT2D eigenvalue weighted by Crippen LogP contribution is -1.92. The lowest BCUT2D eigenvalue weighted by atomic mass is 10.2. The number of hydrogen-bond acceptors (Lipinski definition) is 6. The molecule has 2 aromatic heterocycles. The first kappa shape index (κ1) is 17.2. The first-order chi connectivity index (χ1) is 11.1. The summed E-state index contributed by atoms with van der Waals surface area (Å²) < 4.78 is 0. The molecule has 0 atom stereocenters. The van der Waals surface area contributed by atoms with Crippen molar-refractivity contribution in [2.24, 2.45) is 0 Å². The number of halogens is 2. The van der Waals surface area contributed by atoms with Crippen LogP contribution >= 0.6 is 58.5 Å². The molecule has 3 nitrogen and oxygen atoms in total. The largest absolute Gasteiger partial charge is 0.256 e. The second kappa shape index (κ2) is 7.49. The van der Waals surface area contributed by atoms with E-state index in [0.717, 1.165) is 25.9 Å². The molecule has 3 rings (SSSR count). The quantitative estimate of drug-likeness (QED) is 0.307. The van der Waals surface area contributed by atoms with Gasteiger partial charge in [0.05, 0.1) is 10.5 Å². The molecule has 8 heteroatoms. The van der Waals surface area contributed by atoms with Gasteiger partial charge in [-0.3, -0.25) is 4.98 Å². The number of pyridine rings is 1. The fraction of sp³-hybridized carbons (Fsp3) is 0.133. The minimum atomic E-state index is 0.572. The number of rotatable bonds is 4. The predicted octanol–water partition coefficient (Wildman–Crippen LogP) is 5.93. The molecule has 0 aliphatic rings. The molecule has 0 radical (unpaired) electrons. The summed E-state index contributed by atoms with van der Waals surface area (Å²) in [7, 11) is 0. The number of aromatic nitrogens is 3. The standard InChI is InChI=1S/C15H11Cl2N3S3/c1-21-12-7-13(22-2)20-15(19-12)23-11-3-4-18-10-6-8(16)5-9(17)14(10)11/h3-7H,1-2H3. The number of nitrogens with zero attached hydrogens (tertiary/aromatic N) is 3. The van der Waals surface area contributed by atoms with Gasteiger partial charge in [0.15, 0.2) is 5.16 Å². The SMILES string of the molecule is CSc1cc(SC)nc(Sc2ccnc3cc(Cl)cc(Cl)c23)n1. The van der Waals surface area contributed by atoms with E-state index in [1.54, 1.807) is 41.9 Å². The summed E-state index contributed by atoms with van der Waals surface area (Å²) >= 11 is 17.1. The van der Waals surface area contributed by atoms with Crippen LogP contribution in [-0.4, -0.2) is 27.5 Å². The molecule has 23 heavy (non-hydrogen) atoms. The Morgan fingerprint density at radius 3 is 2.30 bits per heavy atom. The number of fused-ring (bicyclic) bond motifs is 1. The molecule has 2 heterocycles. The van der Waals surface area contributed by atoms with Gasteiger partial charge in [-0.15, -0.1) is 23.5 Å². The molecule has 0 N–H and O–H groups in total. The lowest BCUT2D eigenvalue weighted by Gasteiger charge is -2.08. The molecule has 0 aliphatic carbocycles. The van der Waals surface area contributed by atoms with Gasteiger partial charge in [-0.1, -0.05) is 23.2 Å². The van der Waals surface area contributed by atoms with Crippen molar-refractivity contribution in [3.05, 3.63) is 40.5 Å². The number of thioether (sulfide) groups is 2. The minimum absolute atomic E-state index is 0.572. The van der Waals surface area contributed by atoms with E-state index in [-0.39, 0.29) is 0 Å². The van der Waals surface area contributed by atoms with Gasteiger partial charge in [-0.25, -0.2) is 9.97 Å². The number of benzene rings is 1. The van der Waals surface area contributed by atoms with Crippen molar-refractivity contribution in [2.45, 2.75) is 20.1 Å². The summed E-state index contributed by atoms with van der Waals surface area (Å²) in [5, 5.41) is 4.60. The molecule has 3 aromatic rings. The zero-order chi connectivity index (χ0) is 16.4. The Kier molecular flexibility index (Phi) is 5.59. The molecular weight excluding hydrogens is 389 g/mol. The van der Waals surface area contributed by atoms with Crippen molar-refractivity contribution in [3.63, 3.8) is 0 Å².